The number of hydrogen-bond donors (Lipinski definition) is 0. The first-order chi connectivity index (χ1) is 16.6. The number of carbonyl (C=O) groups excluding carboxylic acids is 1. The lowest BCUT2D eigenvalue weighted by atomic mass is 9.39. The molecule has 0 saturated heterocycles. The quantitative estimate of drug-likeness (QED) is 0.385. The first-order valence-electron chi connectivity index (χ1n) is 13.6. The summed E-state index contributed by atoms with van der Waals surface area (Å²) in [6, 6.07) is 5.87. The van der Waals surface area contributed by atoms with Gasteiger partial charge < -0.3 is 4.74 Å². The third-order valence-corrected chi connectivity index (χ3v) is 12.0. The van der Waals surface area contributed by atoms with E-state index in [4.69, 9.17) is 33.0 Å². The average molecular weight is 518 g/mol. The Morgan fingerprint density at radius 2 is 1.86 bits per heavy atom. The van der Waals surface area contributed by atoms with Crippen LogP contribution in [0.4, 0.5) is 5.69 Å². The number of rotatable bonds is 3. The summed E-state index contributed by atoms with van der Waals surface area (Å²) in [6.45, 7) is 10.5. The molecule has 6 rings (SSSR count). The van der Waals surface area contributed by atoms with Gasteiger partial charge in [-0.25, -0.2) is 0 Å². The van der Waals surface area contributed by atoms with E-state index >= 15 is 0 Å². The summed E-state index contributed by atoms with van der Waals surface area (Å²) in [4.78, 5) is 13.3. The molecule has 4 fully saturated rings. The van der Waals surface area contributed by atoms with Gasteiger partial charge in [0, 0.05) is 17.0 Å². The number of carbonyl (C=O) groups is 1. The van der Waals surface area contributed by atoms with Gasteiger partial charge >= 0.3 is 5.97 Å². The maximum Gasteiger partial charge on any atom is 0.312 e. The fourth-order valence-electron chi connectivity index (χ4n) is 9.93. The standard InChI is InChI=1S/C29H38Cl2N2O2/c1-5-35-25(34)28(4)12-6-11-27(3)22(28)10-14-29-17-26(2,13-9-23(27)29)24-19(29)16-33(32-24)18-7-8-20(30)21(31)15-18/h7-8,15,19,22-23H,5-6,9-14,16-17H2,1-4H3/t19-,22+,23+,26+,27-,28-,29-/m1/s1. The topological polar surface area (TPSA) is 41.9 Å². The highest BCUT2D eigenvalue weighted by molar-refractivity contribution is 6.42. The summed E-state index contributed by atoms with van der Waals surface area (Å²) in [7, 11) is 0. The van der Waals surface area contributed by atoms with Crippen LogP contribution in [0.3, 0.4) is 0 Å². The molecule has 0 N–H and O–H groups in total. The Morgan fingerprint density at radius 3 is 2.60 bits per heavy atom. The van der Waals surface area contributed by atoms with Gasteiger partial charge in [-0.1, -0.05) is 43.5 Å². The van der Waals surface area contributed by atoms with E-state index in [2.05, 4.69) is 25.8 Å². The van der Waals surface area contributed by atoms with Crippen molar-refractivity contribution in [2.75, 3.05) is 18.2 Å². The second kappa shape index (κ2) is 7.87. The zero-order valence-electron chi connectivity index (χ0n) is 21.5. The molecule has 4 aliphatic carbocycles. The van der Waals surface area contributed by atoms with Gasteiger partial charge in [-0.05, 0) is 99.7 Å². The fourth-order valence-corrected chi connectivity index (χ4v) is 10.2. The third kappa shape index (κ3) is 3.17. The van der Waals surface area contributed by atoms with Crippen molar-refractivity contribution in [1.29, 1.82) is 0 Å². The highest BCUT2D eigenvalue weighted by Gasteiger charge is 2.71. The van der Waals surface area contributed by atoms with Crippen molar-refractivity contribution in [3.8, 4) is 0 Å². The molecule has 1 spiro atoms. The Balaban J connectivity index is 1.37. The summed E-state index contributed by atoms with van der Waals surface area (Å²) in [5.74, 6) is 1.54. The molecular formula is C29H38Cl2N2O2. The van der Waals surface area contributed by atoms with Crippen LogP contribution in [0.15, 0.2) is 23.3 Å². The van der Waals surface area contributed by atoms with Gasteiger partial charge in [0.15, 0.2) is 0 Å². The van der Waals surface area contributed by atoms with E-state index in [0.29, 0.717) is 34.4 Å². The van der Waals surface area contributed by atoms with E-state index in [1.165, 1.54) is 37.8 Å². The summed E-state index contributed by atoms with van der Waals surface area (Å²) in [5.41, 5.74) is 2.71. The molecule has 0 unspecified atom stereocenters. The van der Waals surface area contributed by atoms with Crippen LogP contribution in [0.5, 0.6) is 0 Å². The van der Waals surface area contributed by atoms with Crippen LogP contribution in [0.1, 0.15) is 79.1 Å². The first-order valence-corrected chi connectivity index (χ1v) is 14.3. The van der Waals surface area contributed by atoms with Gasteiger partial charge in [-0.2, -0.15) is 5.10 Å². The van der Waals surface area contributed by atoms with Crippen LogP contribution in [0.2, 0.25) is 10.0 Å². The number of halogens is 2. The van der Waals surface area contributed by atoms with Crippen molar-refractivity contribution >= 4 is 40.6 Å². The number of fused-ring (bicyclic) bond motifs is 5. The van der Waals surface area contributed by atoms with Crippen LogP contribution in [0.25, 0.3) is 0 Å². The van der Waals surface area contributed by atoms with Crippen LogP contribution in [0, 0.1) is 39.4 Å². The Labute approximate surface area is 219 Å². The molecule has 1 heterocycles. The highest BCUT2D eigenvalue weighted by atomic mass is 35.5. The summed E-state index contributed by atoms with van der Waals surface area (Å²) in [5, 5.41) is 8.62. The SMILES string of the molecule is CCOC(=O)[C@]1(C)CCC[C@@]2(C)[C@@H]3CC[C@@]4(C)C[C@]3(CC[C@@H]21)[C@@H]1CN(c2ccc(Cl)c(Cl)c2)N=C14. The van der Waals surface area contributed by atoms with Gasteiger partial charge in [0.2, 0.25) is 0 Å². The Bertz CT molecular complexity index is 1110. The lowest BCUT2D eigenvalue weighted by Gasteiger charge is -2.64. The lowest BCUT2D eigenvalue weighted by molar-refractivity contribution is -0.191. The van der Waals surface area contributed by atoms with Crippen molar-refractivity contribution in [3.63, 3.8) is 0 Å². The van der Waals surface area contributed by atoms with Crippen molar-refractivity contribution < 1.29 is 9.53 Å². The number of anilines is 1. The second-order valence-electron chi connectivity index (χ2n) is 12.9. The smallest absolute Gasteiger partial charge is 0.312 e. The molecule has 0 radical (unpaired) electrons. The van der Waals surface area contributed by atoms with Gasteiger partial charge in [0.05, 0.1) is 34.3 Å². The number of ether oxygens (including phenoxy) is 1. The van der Waals surface area contributed by atoms with Crippen molar-refractivity contribution in [2.45, 2.75) is 79.1 Å². The molecule has 1 aromatic rings. The van der Waals surface area contributed by atoms with Crippen LogP contribution < -0.4 is 5.01 Å². The predicted octanol–water partition coefficient (Wildman–Crippen LogP) is 7.76. The number of benzene rings is 1. The summed E-state index contributed by atoms with van der Waals surface area (Å²) < 4.78 is 5.66. The zero-order valence-corrected chi connectivity index (χ0v) is 23.0. The minimum Gasteiger partial charge on any atom is -0.466 e. The molecular weight excluding hydrogens is 479 g/mol. The molecule has 6 heteroatoms. The van der Waals surface area contributed by atoms with E-state index in [1.54, 1.807) is 0 Å². The highest BCUT2D eigenvalue weighted by Crippen LogP contribution is 2.75. The number of nitrogens with zero attached hydrogens (tertiary/aromatic N) is 2. The van der Waals surface area contributed by atoms with Crippen LogP contribution in [-0.4, -0.2) is 24.8 Å². The largest absolute Gasteiger partial charge is 0.466 e. The molecule has 0 aromatic heterocycles. The molecule has 4 nitrogen and oxygen atoms in total. The molecule has 7 atom stereocenters. The number of hydrazone groups is 1. The first kappa shape index (κ1) is 24.1. The average Bonchev–Trinajstić information content (AvgIpc) is 3.33. The summed E-state index contributed by atoms with van der Waals surface area (Å²) >= 11 is 12.6. The maximum atomic E-state index is 13.3. The number of hydrogen-bond acceptors (Lipinski definition) is 4. The van der Waals surface area contributed by atoms with E-state index in [1.807, 2.05) is 25.1 Å². The maximum absolute atomic E-state index is 13.3. The monoisotopic (exact) mass is 516 g/mol. The predicted molar refractivity (Wildman–Crippen MR) is 142 cm³/mol. The van der Waals surface area contributed by atoms with Gasteiger partial charge in [-0.3, -0.25) is 9.80 Å². The van der Waals surface area contributed by atoms with Crippen LogP contribution in [-0.2, 0) is 9.53 Å². The van der Waals surface area contributed by atoms with Crippen LogP contribution >= 0.6 is 23.2 Å². The fraction of sp³-hybridized carbons (Fsp3) is 0.724. The van der Waals surface area contributed by atoms with E-state index in [-0.39, 0.29) is 27.6 Å². The van der Waals surface area contributed by atoms with Gasteiger partial charge in [0.25, 0.3) is 0 Å². The molecule has 5 aliphatic rings. The van der Waals surface area contributed by atoms with E-state index in [9.17, 15) is 4.79 Å². The molecule has 1 aliphatic heterocycles. The molecule has 1 aromatic carbocycles. The van der Waals surface area contributed by atoms with E-state index in [0.717, 1.165) is 31.5 Å². The van der Waals surface area contributed by atoms with Gasteiger partial charge in [-0.15, -0.1) is 0 Å². The zero-order chi connectivity index (χ0) is 24.8. The number of esters is 1. The lowest BCUT2D eigenvalue weighted by Crippen LogP contribution is -2.60. The molecule has 0 amide bonds. The molecule has 35 heavy (non-hydrogen) atoms. The minimum atomic E-state index is -0.358. The Kier molecular flexibility index (Phi) is 5.42. The molecule has 2 bridgehead atoms. The van der Waals surface area contributed by atoms with Crippen molar-refractivity contribution in [3.05, 3.63) is 28.2 Å². The Morgan fingerprint density at radius 1 is 1.09 bits per heavy atom. The van der Waals surface area contributed by atoms with Gasteiger partial charge in [0.1, 0.15) is 0 Å². The second-order valence-corrected chi connectivity index (χ2v) is 13.7. The summed E-state index contributed by atoms with van der Waals surface area (Å²) in [6.07, 6.45) is 9.33. The van der Waals surface area contributed by atoms with Crippen molar-refractivity contribution in [2.24, 2.45) is 44.5 Å². The van der Waals surface area contributed by atoms with E-state index < -0.39 is 0 Å². The minimum absolute atomic E-state index is 0.0351. The van der Waals surface area contributed by atoms with Crippen molar-refractivity contribution in [1.82, 2.24) is 0 Å². The normalized spacial score (nSPS) is 43.8. The molecule has 4 saturated carbocycles. The molecule has 190 valence electrons. The third-order valence-electron chi connectivity index (χ3n) is 11.2. The Hall–Kier alpha value is -1.26.